The number of benzene rings is 5. The largest absolute Gasteiger partial charge is 0.493 e. The molecule has 0 aliphatic rings. The van der Waals surface area contributed by atoms with Gasteiger partial charge >= 0.3 is 17.9 Å². The van der Waals surface area contributed by atoms with E-state index in [4.69, 9.17) is 23.7 Å². The average Bonchev–Trinajstić information content (AvgIpc) is 3.18. The maximum atomic E-state index is 12.7. The normalized spacial score (nSPS) is 10.2. The van der Waals surface area contributed by atoms with E-state index in [1.165, 1.54) is 7.11 Å². The number of carbonyl (C=O) groups excluding carboxylic acids is 3. The van der Waals surface area contributed by atoms with Gasteiger partial charge in [-0.1, -0.05) is 61.1 Å². The van der Waals surface area contributed by atoms with Gasteiger partial charge in [0.05, 0.1) is 39.1 Å². The number of carbonyl (C=O) groups is 3. The number of methoxy groups -OCH3 is 1. The molecule has 0 unspecified atom stereocenters. The van der Waals surface area contributed by atoms with Gasteiger partial charge in [0, 0.05) is 47.2 Å². The molecule has 52 heavy (non-hydrogen) atoms. The molecule has 8 nitrogen and oxygen atoms in total. The number of hydrogen-bond acceptors (Lipinski definition) is 8. The fourth-order valence-corrected chi connectivity index (χ4v) is 5.04. The minimum absolute atomic E-state index is 0.264. The lowest BCUT2D eigenvalue weighted by Gasteiger charge is -2.08. The van der Waals surface area contributed by atoms with Crippen molar-refractivity contribution in [3.63, 3.8) is 0 Å². The molecule has 0 saturated carbocycles. The summed E-state index contributed by atoms with van der Waals surface area (Å²) < 4.78 is 26.6. The molecule has 0 amide bonds. The van der Waals surface area contributed by atoms with Crippen molar-refractivity contribution >= 4 is 39.5 Å². The Balaban J connectivity index is 1.24. The van der Waals surface area contributed by atoms with Crippen molar-refractivity contribution in [2.45, 2.75) is 12.8 Å². The summed E-state index contributed by atoms with van der Waals surface area (Å²) in [7, 11) is 1.34. The summed E-state index contributed by atoms with van der Waals surface area (Å²) in [6.45, 7) is 8.11. The van der Waals surface area contributed by atoms with Crippen LogP contribution >= 0.6 is 0 Å². The average molecular weight is 693 g/mol. The summed E-state index contributed by atoms with van der Waals surface area (Å²) in [5.74, 6) is 12.7. The van der Waals surface area contributed by atoms with Crippen LogP contribution in [0.5, 0.6) is 11.5 Å². The zero-order chi connectivity index (χ0) is 36.7. The van der Waals surface area contributed by atoms with Crippen LogP contribution in [0.3, 0.4) is 0 Å². The Kier molecular flexibility index (Phi) is 12.8. The number of fused-ring (bicyclic) bond motifs is 2. The van der Waals surface area contributed by atoms with Crippen LogP contribution in [-0.4, -0.2) is 51.4 Å². The van der Waals surface area contributed by atoms with E-state index < -0.39 is 17.9 Å². The number of rotatable bonds is 13. The second-order valence-corrected chi connectivity index (χ2v) is 11.3. The Morgan fingerprint density at radius 3 is 1.50 bits per heavy atom. The minimum Gasteiger partial charge on any atom is -0.493 e. The SMILES string of the molecule is C=CC(=O)OCCCOc1ccc2cc(C#Cc3ccc(C#Cc4ccc5cc(OCCCOC(=O)C=C)ccc5c4)c(C(=O)OC)c3)ccc2c1. The first-order chi connectivity index (χ1) is 25.3. The molecule has 5 rings (SSSR count). The summed E-state index contributed by atoms with van der Waals surface area (Å²) in [5, 5.41) is 3.98. The predicted octanol–water partition coefficient (Wildman–Crippen LogP) is 7.58. The first-order valence-electron chi connectivity index (χ1n) is 16.5. The van der Waals surface area contributed by atoms with Gasteiger partial charge in [0.25, 0.3) is 0 Å². The van der Waals surface area contributed by atoms with Crippen molar-refractivity contribution in [1.29, 1.82) is 0 Å². The molecule has 0 spiro atoms. The topological polar surface area (TPSA) is 97.4 Å². The molecule has 0 saturated heterocycles. The van der Waals surface area contributed by atoms with Gasteiger partial charge in [-0.15, -0.1) is 0 Å². The molecule has 0 bridgehead atoms. The van der Waals surface area contributed by atoms with Crippen LogP contribution in [0.1, 0.15) is 45.5 Å². The van der Waals surface area contributed by atoms with Gasteiger partial charge < -0.3 is 23.7 Å². The highest BCUT2D eigenvalue weighted by Gasteiger charge is 2.11. The highest BCUT2D eigenvalue weighted by molar-refractivity contribution is 5.93. The Bertz CT molecular complexity index is 2260. The third kappa shape index (κ3) is 10.4. The van der Waals surface area contributed by atoms with E-state index in [1.54, 1.807) is 12.1 Å². The van der Waals surface area contributed by atoms with E-state index in [0.29, 0.717) is 48.5 Å². The summed E-state index contributed by atoms with van der Waals surface area (Å²) >= 11 is 0. The second kappa shape index (κ2) is 18.3. The summed E-state index contributed by atoms with van der Waals surface area (Å²) in [4.78, 5) is 35.0. The van der Waals surface area contributed by atoms with Crippen molar-refractivity contribution in [2.75, 3.05) is 33.5 Å². The van der Waals surface area contributed by atoms with E-state index in [2.05, 4.69) is 36.8 Å². The van der Waals surface area contributed by atoms with Crippen LogP contribution in [0.15, 0.2) is 116 Å². The molecule has 0 radical (unpaired) electrons. The maximum absolute atomic E-state index is 12.7. The highest BCUT2D eigenvalue weighted by Crippen LogP contribution is 2.24. The van der Waals surface area contributed by atoms with Crippen molar-refractivity contribution in [3.8, 4) is 35.2 Å². The lowest BCUT2D eigenvalue weighted by Crippen LogP contribution is -2.06. The van der Waals surface area contributed by atoms with Crippen molar-refractivity contribution < 1.29 is 38.1 Å². The number of esters is 3. The van der Waals surface area contributed by atoms with Crippen molar-refractivity contribution in [1.82, 2.24) is 0 Å². The molecule has 0 N–H and O–H groups in total. The Hall–Kier alpha value is -6.77. The zero-order valence-electron chi connectivity index (χ0n) is 28.7. The summed E-state index contributed by atoms with van der Waals surface area (Å²) in [5.41, 5.74) is 3.10. The summed E-state index contributed by atoms with van der Waals surface area (Å²) in [6, 6.07) is 28.6. The second-order valence-electron chi connectivity index (χ2n) is 11.3. The molecular formula is C44H36O8. The van der Waals surface area contributed by atoms with E-state index >= 15 is 0 Å². The Morgan fingerprint density at radius 1 is 0.558 bits per heavy atom. The van der Waals surface area contributed by atoms with Gasteiger partial charge in [-0.25, -0.2) is 14.4 Å². The molecule has 0 aromatic heterocycles. The predicted molar refractivity (Wildman–Crippen MR) is 200 cm³/mol. The zero-order valence-corrected chi connectivity index (χ0v) is 28.7. The van der Waals surface area contributed by atoms with Crippen LogP contribution in [0.2, 0.25) is 0 Å². The van der Waals surface area contributed by atoms with E-state index in [1.807, 2.05) is 78.9 Å². The Labute approximate surface area is 302 Å². The number of ether oxygens (including phenoxy) is 5. The van der Waals surface area contributed by atoms with Crippen LogP contribution in [0.25, 0.3) is 21.5 Å². The molecule has 0 aliphatic heterocycles. The molecule has 0 heterocycles. The molecule has 5 aromatic rings. The lowest BCUT2D eigenvalue weighted by molar-refractivity contribution is -0.138. The first-order valence-corrected chi connectivity index (χ1v) is 16.5. The van der Waals surface area contributed by atoms with Gasteiger partial charge in [-0.2, -0.15) is 0 Å². The first kappa shape index (κ1) is 36.5. The van der Waals surface area contributed by atoms with Gasteiger partial charge in [0.15, 0.2) is 0 Å². The fraction of sp³-hybridized carbons (Fsp3) is 0.159. The van der Waals surface area contributed by atoms with Gasteiger partial charge in [-0.05, 0) is 88.3 Å². The van der Waals surface area contributed by atoms with Gasteiger partial charge in [0.2, 0.25) is 0 Å². The molecule has 5 aromatic carbocycles. The third-order valence-corrected chi connectivity index (χ3v) is 7.68. The van der Waals surface area contributed by atoms with Crippen LogP contribution in [0, 0.1) is 23.7 Å². The maximum Gasteiger partial charge on any atom is 0.339 e. The van der Waals surface area contributed by atoms with Crippen molar-refractivity contribution in [3.05, 3.63) is 144 Å². The van der Waals surface area contributed by atoms with E-state index in [9.17, 15) is 14.4 Å². The monoisotopic (exact) mass is 692 g/mol. The van der Waals surface area contributed by atoms with Crippen molar-refractivity contribution in [2.24, 2.45) is 0 Å². The van der Waals surface area contributed by atoms with Crippen LogP contribution in [-0.2, 0) is 23.8 Å². The quantitative estimate of drug-likeness (QED) is 0.0410. The van der Waals surface area contributed by atoms with Gasteiger partial charge in [0.1, 0.15) is 11.5 Å². The smallest absolute Gasteiger partial charge is 0.339 e. The number of hydrogen-bond donors (Lipinski definition) is 0. The third-order valence-electron chi connectivity index (χ3n) is 7.68. The molecule has 8 heteroatoms. The summed E-state index contributed by atoms with van der Waals surface area (Å²) in [6.07, 6.45) is 3.41. The molecular weight excluding hydrogens is 656 g/mol. The van der Waals surface area contributed by atoms with Gasteiger partial charge in [-0.3, -0.25) is 0 Å². The minimum atomic E-state index is -0.501. The lowest BCUT2D eigenvalue weighted by atomic mass is 10.0. The van der Waals surface area contributed by atoms with Crippen LogP contribution in [0.4, 0.5) is 0 Å². The molecule has 0 atom stereocenters. The molecule has 0 fully saturated rings. The van der Waals surface area contributed by atoms with Crippen LogP contribution < -0.4 is 9.47 Å². The Morgan fingerprint density at radius 2 is 1.00 bits per heavy atom. The fourth-order valence-electron chi connectivity index (χ4n) is 5.04. The highest BCUT2D eigenvalue weighted by atomic mass is 16.5. The standard InChI is InChI=1S/C44H36O8/c1-4-42(45)51-24-6-22-49-39-20-18-35-26-31(12-16-37(35)29-39)8-9-33-11-15-34(41(28-33)44(47)48-3)14-10-32-13-17-38-30-40(21-19-36(38)27-32)50-23-7-25-52-43(46)5-2/h4-5,11-13,15-21,26-30H,1-2,6-7,22-25H2,3H3. The molecule has 0 aliphatic carbocycles. The van der Waals surface area contributed by atoms with E-state index in [-0.39, 0.29) is 13.2 Å². The van der Waals surface area contributed by atoms with E-state index in [0.717, 1.165) is 50.6 Å². The molecule has 260 valence electrons.